The molecule has 0 aromatic carbocycles. The van der Waals surface area contributed by atoms with Crippen molar-refractivity contribution in [3.05, 3.63) is 24.4 Å². The van der Waals surface area contributed by atoms with Crippen molar-refractivity contribution < 1.29 is 9.57 Å². The molecule has 0 aliphatic rings. The van der Waals surface area contributed by atoms with Gasteiger partial charge in [-0.05, 0) is 6.07 Å². The summed E-state index contributed by atoms with van der Waals surface area (Å²) in [4.78, 5) is 4.89. The van der Waals surface area contributed by atoms with Crippen LogP contribution in [0.2, 0.25) is 0 Å². The maximum Gasteiger partial charge on any atom is 0.288 e. The second-order valence-corrected chi connectivity index (χ2v) is 2.03. The highest BCUT2D eigenvalue weighted by atomic mass is 32.1. The van der Waals surface area contributed by atoms with Gasteiger partial charge in [0.15, 0.2) is 0 Å². The van der Waals surface area contributed by atoms with Gasteiger partial charge in [0.1, 0.15) is 7.11 Å². The monoisotopic (exact) mass is 142 g/mol. The summed E-state index contributed by atoms with van der Waals surface area (Å²) in [5, 5.41) is 0.792. The number of rotatable bonds is 1. The van der Waals surface area contributed by atoms with E-state index >= 15 is 0 Å². The first kappa shape index (κ1) is 6.42. The SMILES string of the molecule is CO[n+]1ccccc1S. The Kier molecular flexibility index (Phi) is 1.95. The number of pyridine rings is 1. The van der Waals surface area contributed by atoms with Crippen LogP contribution in [0.4, 0.5) is 0 Å². The minimum Gasteiger partial charge on any atom is -0.274 e. The highest BCUT2D eigenvalue weighted by molar-refractivity contribution is 7.80. The molecule has 1 aromatic heterocycles. The zero-order chi connectivity index (χ0) is 6.69. The number of aromatic nitrogens is 1. The lowest BCUT2D eigenvalue weighted by molar-refractivity contribution is -0.913. The van der Waals surface area contributed by atoms with Crippen molar-refractivity contribution in [2.75, 3.05) is 7.11 Å². The van der Waals surface area contributed by atoms with E-state index in [9.17, 15) is 0 Å². The van der Waals surface area contributed by atoms with Crippen molar-refractivity contribution in [1.82, 2.24) is 0 Å². The van der Waals surface area contributed by atoms with E-state index in [1.807, 2.05) is 18.2 Å². The average Bonchev–Trinajstić information content (AvgIpc) is 1.89. The predicted molar refractivity (Wildman–Crippen MR) is 36.4 cm³/mol. The van der Waals surface area contributed by atoms with Gasteiger partial charge >= 0.3 is 0 Å². The van der Waals surface area contributed by atoms with Gasteiger partial charge < -0.3 is 0 Å². The molecule has 0 saturated heterocycles. The zero-order valence-corrected chi connectivity index (χ0v) is 6.01. The van der Waals surface area contributed by atoms with Gasteiger partial charge in [-0.2, -0.15) is 0 Å². The van der Waals surface area contributed by atoms with Crippen molar-refractivity contribution >= 4 is 12.6 Å². The first-order chi connectivity index (χ1) is 4.34. The van der Waals surface area contributed by atoms with Crippen LogP contribution in [0, 0.1) is 0 Å². The molecule has 48 valence electrons. The summed E-state index contributed by atoms with van der Waals surface area (Å²) in [7, 11) is 1.60. The molecule has 0 aliphatic heterocycles. The van der Waals surface area contributed by atoms with Crippen LogP contribution in [-0.4, -0.2) is 7.11 Å². The molecule has 0 aliphatic carbocycles. The van der Waals surface area contributed by atoms with E-state index in [1.165, 1.54) is 0 Å². The van der Waals surface area contributed by atoms with Crippen LogP contribution in [0.5, 0.6) is 0 Å². The fourth-order valence-electron chi connectivity index (χ4n) is 0.574. The van der Waals surface area contributed by atoms with E-state index in [1.54, 1.807) is 18.0 Å². The Morgan fingerprint density at radius 1 is 1.56 bits per heavy atom. The fraction of sp³-hybridized carbons (Fsp3) is 0.167. The van der Waals surface area contributed by atoms with Gasteiger partial charge in [0.25, 0.3) is 5.03 Å². The van der Waals surface area contributed by atoms with Crippen LogP contribution in [0.3, 0.4) is 0 Å². The van der Waals surface area contributed by atoms with Gasteiger partial charge in [0.2, 0.25) is 6.20 Å². The van der Waals surface area contributed by atoms with Crippen LogP contribution in [0.1, 0.15) is 0 Å². The zero-order valence-electron chi connectivity index (χ0n) is 5.11. The van der Waals surface area contributed by atoms with Crippen LogP contribution in [-0.2, 0) is 0 Å². The Morgan fingerprint density at radius 3 is 2.78 bits per heavy atom. The van der Waals surface area contributed by atoms with E-state index in [-0.39, 0.29) is 0 Å². The molecule has 0 bridgehead atoms. The third kappa shape index (κ3) is 1.36. The second-order valence-electron chi connectivity index (χ2n) is 1.57. The summed E-state index contributed by atoms with van der Waals surface area (Å²) in [5.74, 6) is 0. The highest BCUT2D eigenvalue weighted by Crippen LogP contribution is 1.93. The first-order valence-electron chi connectivity index (χ1n) is 2.58. The van der Waals surface area contributed by atoms with Crippen molar-refractivity contribution in [3.63, 3.8) is 0 Å². The van der Waals surface area contributed by atoms with Gasteiger partial charge in [0, 0.05) is 16.9 Å². The summed E-state index contributed by atoms with van der Waals surface area (Å²) in [6, 6.07) is 5.63. The molecule has 3 heteroatoms. The third-order valence-electron chi connectivity index (χ3n) is 1.00. The van der Waals surface area contributed by atoms with Gasteiger partial charge in [-0.3, -0.25) is 4.84 Å². The lowest BCUT2D eigenvalue weighted by Gasteiger charge is -1.90. The normalized spacial score (nSPS) is 9.11. The summed E-state index contributed by atoms with van der Waals surface area (Å²) in [5.41, 5.74) is 0. The molecule has 0 amide bonds. The lowest BCUT2D eigenvalue weighted by atomic mass is 10.5. The Balaban J connectivity index is 3.01. The van der Waals surface area contributed by atoms with Gasteiger partial charge in [-0.1, -0.05) is 12.6 Å². The molecule has 0 fully saturated rings. The molecule has 0 atom stereocenters. The van der Waals surface area contributed by atoms with Crippen LogP contribution >= 0.6 is 12.6 Å². The highest BCUT2D eigenvalue weighted by Gasteiger charge is 2.01. The Labute approximate surface area is 59.4 Å². The molecule has 9 heavy (non-hydrogen) atoms. The quantitative estimate of drug-likeness (QED) is 0.440. The molecular weight excluding hydrogens is 134 g/mol. The van der Waals surface area contributed by atoms with Crippen LogP contribution in [0.25, 0.3) is 0 Å². The number of hydrogen-bond donors (Lipinski definition) is 1. The molecule has 0 unspecified atom stereocenters. The predicted octanol–water partition coefficient (Wildman–Crippen LogP) is 0.321. The van der Waals surface area contributed by atoms with E-state index in [0.717, 1.165) is 5.03 Å². The molecule has 1 aromatic rings. The standard InChI is InChI=1S/C6H7NOS/c1-8-7-5-3-2-4-6(7)9/h2-5H,1H3/p+1. The number of nitrogens with zero attached hydrogens (tertiary/aromatic N) is 1. The molecule has 0 spiro atoms. The average molecular weight is 142 g/mol. The van der Waals surface area contributed by atoms with E-state index in [4.69, 9.17) is 4.84 Å². The van der Waals surface area contributed by atoms with Crippen LogP contribution in [0.15, 0.2) is 29.4 Å². The summed E-state index contributed by atoms with van der Waals surface area (Å²) in [6.45, 7) is 0. The van der Waals surface area contributed by atoms with E-state index < -0.39 is 0 Å². The maximum atomic E-state index is 4.89. The number of thiol groups is 1. The van der Waals surface area contributed by atoms with Gasteiger partial charge in [-0.15, -0.1) is 0 Å². The molecule has 0 saturated carbocycles. The molecule has 1 heterocycles. The Bertz CT molecular complexity index is 202. The Hall–Kier alpha value is -0.700. The fourth-order valence-corrected chi connectivity index (χ4v) is 0.808. The summed E-state index contributed by atoms with van der Waals surface area (Å²) < 4.78 is 1.57. The van der Waals surface area contributed by atoms with Crippen molar-refractivity contribution in [3.8, 4) is 0 Å². The van der Waals surface area contributed by atoms with E-state index in [2.05, 4.69) is 12.6 Å². The molecule has 1 rings (SSSR count). The van der Waals surface area contributed by atoms with Gasteiger partial charge in [-0.25, -0.2) is 0 Å². The molecule has 0 radical (unpaired) electrons. The summed E-state index contributed by atoms with van der Waals surface area (Å²) >= 11 is 4.12. The minimum atomic E-state index is 0.792. The van der Waals surface area contributed by atoms with Crippen LogP contribution < -0.4 is 9.57 Å². The minimum absolute atomic E-state index is 0.792. The molecular formula is C6H8NOS+. The van der Waals surface area contributed by atoms with Crippen molar-refractivity contribution in [2.24, 2.45) is 0 Å². The van der Waals surface area contributed by atoms with Gasteiger partial charge in [0.05, 0.1) is 0 Å². The molecule has 2 nitrogen and oxygen atoms in total. The largest absolute Gasteiger partial charge is 0.288 e. The Morgan fingerprint density at radius 2 is 2.33 bits per heavy atom. The summed E-state index contributed by atoms with van der Waals surface area (Å²) in [6.07, 6.45) is 1.79. The number of hydrogen-bond acceptors (Lipinski definition) is 2. The lowest BCUT2D eigenvalue weighted by Crippen LogP contribution is -2.41. The maximum absolute atomic E-state index is 4.89. The van der Waals surface area contributed by atoms with E-state index in [0.29, 0.717) is 0 Å². The third-order valence-corrected chi connectivity index (χ3v) is 1.35. The van der Waals surface area contributed by atoms with Crippen molar-refractivity contribution in [2.45, 2.75) is 5.03 Å². The second kappa shape index (κ2) is 2.73. The molecule has 0 N–H and O–H groups in total. The first-order valence-corrected chi connectivity index (χ1v) is 3.03. The van der Waals surface area contributed by atoms with Crippen molar-refractivity contribution in [1.29, 1.82) is 0 Å². The smallest absolute Gasteiger partial charge is 0.274 e. The topological polar surface area (TPSA) is 13.1 Å².